The molecular formula is C23H19F3N2O3. The van der Waals surface area contributed by atoms with Crippen molar-refractivity contribution in [3.63, 3.8) is 0 Å². The lowest BCUT2D eigenvalue weighted by molar-refractivity contribution is -0.137. The molecule has 3 saturated heterocycles. The normalized spacial score (nSPS) is 28.2. The van der Waals surface area contributed by atoms with E-state index in [-0.39, 0.29) is 17.5 Å². The predicted octanol–water partition coefficient (Wildman–Crippen LogP) is 3.54. The number of halogens is 3. The van der Waals surface area contributed by atoms with Gasteiger partial charge in [-0.1, -0.05) is 36.4 Å². The standard InChI is InChI=1S/C23H19F3N2O3/c24-23(25,26)14-8-4-9-15(12-14)28-21(30)17-16-10-5-11-27(16)19(18(17)22(28)31)20(29)13-6-2-1-3-7-13/h1-4,6-9,12,16-19H,5,10-11H2/t16-,17-,18+,19-/m1/s1. The van der Waals surface area contributed by atoms with Gasteiger partial charge in [0.25, 0.3) is 0 Å². The third kappa shape index (κ3) is 3.00. The summed E-state index contributed by atoms with van der Waals surface area (Å²) >= 11 is 0. The molecule has 3 heterocycles. The van der Waals surface area contributed by atoms with Crippen LogP contribution in [0.2, 0.25) is 0 Å². The first kappa shape index (κ1) is 19.9. The van der Waals surface area contributed by atoms with Gasteiger partial charge in [-0.3, -0.25) is 19.3 Å². The van der Waals surface area contributed by atoms with Gasteiger partial charge in [-0.15, -0.1) is 0 Å². The van der Waals surface area contributed by atoms with Crippen molar-refractivity contribution in [2.45, 2.75) is 31.1 Å². The van der Waals surface area contributed by atoms with Crippen LogP contribution in [-0.4, -0.2) is 41.1 Å². The zero-order valence-corrected chi connectivity index (χ0v) is 16.4. The molecule has 0 radical (unpaired) electrons. The van der Waals surface area contributed by atoms with Crippen molar-refractivity contribution in [2.24, 2.45) is 11.8 Å². The second-order valence-corrected chi connectivity index (χ2v) is 8.23. The molecule has 3 aliphatic rings. The van der Waals surface area contributed by atoms with Gasteiger partial charge in [0.2, 0.25) is 11.8 Å². The highest BCUT2D eigenvalue weighted by molar-refractivity contribution is 6.24. The minimum atomic E-state index is -4.59. The SMILES string of the molecule is O=C(c1ccccc1)[C@H]1[C@H]2C(=O)N(c3cccc(C(F)(F)F)c3)C(=O)[C@@H]2[C@H]2CCCN21. The number of hydrogen-bond donors (Lipinski definition) is 0. The molecule has 0 unspecified atom stereocenters. The summed E-state index contributed by atoms with van der Waals surface area (Å²) in [7, 11) is 0. The van der Waals surface area contributed by atoms with Gasteiger partial charge < -0.3 is 0 Å². The van der Waals surface area contributed by atoms with E-state index in [1.807, 2.05) is 4.90 Å². The topological polar surface area (TPSA) is 57.7 Å². The summed E-state index contributed by atoms with van der Waals surface area (Å²) in [5.74, 6) is -2.96. The Balaban J connectivity index is 1.55. The molecule has 160 valence electrons. The van der Waals surface area contributed by atoms with Crippen LogP contribution in [0.3, 0.4) is 0 Å². The first-order chi connectivity index (χ1) is 14.8. The highest BCUT2D eigenvalue weighted by Crippen LogP contribution is 2.48. The van der Waals surface area contributed by atoms with E-state index in [1.54, 1.807) is 30.3 Å². The Morgan fingerprint density at radius 1 is 0.935 bits per heavy atom. The highest BCUT2D eigenvalue weighted by atomic mass is 19.4. The molecule has 2 amide bonds. The fourth-order valence-corrected chi connectivity index (χ4v) is 5.36. The maximum atomic E-state index is 13.4. The van der Waals surface area contributed by atoms with Crippen molar-refractivity contribution < 1.29 is 27.6 Å². The highest BCUT2D eigenvalue weighted by Gasteiger charge is 2.64. The van der Waals surface area contributed by atoms with E-state index in [2.05, 4.69) is 0 Å². The summed E-state index contributed by atoms with van der Waals surface area (Å²) in [5, 5.41) is 0. The molecule has 5 nitrogen and oxygen atoms in total. The van der Waals surface area contributed by atoms with Crippen molar-refractivity contribution in [1.82, 2.24) is 4.90 Å². The van der Waals surface area contributed by atoms with E-state index in [1.165, 1.54) is 12.1 Å². The molecule has 2 aromatic carbocycles. The Morgan fingerprint density at radius 3 is 2.35 bits per heavy atom. The fourth-order valence-electron chi connectivity index (χ4n) is 5.36. The number of alkyl halides is 3. The van der Waals surface area contributed by atoms with Gasteiger partial charge in [0.15, 0.2) is 5.78 Å². The summed E-state index contributed by atoms with van der Waals surface area (Å²) in [6.07, 6.45) is -3.11. The van der Waals surface area contributed by atoms with Crippen molar-refractivity contribution in [2.75, 3.05) is 11.4 Å². The molecule has 0 bridgehead atoms. The molecule has 5 rings (SSSR count). The van der Waals surface area contributed by atoms with Crippen molar-refractivity contribution >= 4 is 23.3 Å². The van der Waals surface area contributed by atoms with E-state index in [4.69, 9.17) is 0 Å². The number of nitrogens with zero attached hydrogens (tertiary/aromatic N) is 2. The smallest absolute Gasteiger partial charge is 0.292 e. The number of anilines is 1. The predicted molar refractivity (Wildman–Crippen MR) is 105 cm³/mol. The van der Waals surface area contributed by atoms with Crippen molar-refractivity contribution in [3.8, 4) is 0 Å². The van der Waals surface area contributed by atoms with Crippen LogP contribution in [0, 0.1) is 11.8 Å². The first-order valence-electron chi connectivity index (χ1n) is 10.2. The van der Waals surface area contributed by atoms with Gasteiger partial charge in [-0.05, 0) is 37.6 Å². The molecule has 2 aromatic rings. The van der Waals surface area contributed by atoms with Crippen LogP contribution in [0.1, 0.15) is 28.8 Å². The second kappa shape index (κ2) is 7.02. The largest absolute Gasteiger partial charge is 0.416 e. The van der Waals surface area contributed by atoms with E-state index in [0.29, 0.717) is 18.5 Å². The number of Topliss-reactive ketones (excluding diaryl/α,β-unsaturated/α-hetero) is 1. The van der Waals surface area contributed by atoms with E-state index < -0.39 is 41.4 Å². The molecule has 0 aromatic heterocycles. The van der Waals surface area contributed by atoms with Crippen LogP contribution < -0.4 is 4.90 Å². The van der Waals surface area contributed by atoms with Crippen LogP contribution >= 0.6 is 0 Å². The third-order valence-corrected chi connectivity index (χ3v) is 6.61. The van der Waals surface area contributed by atoms with Crippen molar-refractivity contribution in [3.05, 3.63) is 65.7 Å². The van der Waals surface area contributed by atoms with Gasteiger partial charge in [-0.25, -0.2) is 4.90 Å². The van der Waals surface area contributed by atoms with Gasteiger partial charge in [-0.2, -0.15) is 13.2 Å². The lowest BCUT2D eigenvalue weighted by Crippen LogP contribution is -2.46. The Hall–Kier alpha value is -3.00. The zero-order chi connectivity index (χ0) is 21.9. The first-order valence-corrected chi connectivity index (χ1v) is 10.2. The Kier molecular flexibility index (Phi) is 4.51. The van der Waals surface area contributed by atoms with Crippen LogP contribution in [0.5, 0.6) is 0 Å². The number of rotatable bonds is 3. The van der Waals surface area contributed by atoms with E-state index in [0.717, 1.165) is 23.5 Å². The number of carbonyl (C=O) groups excluding carboxylic acids is 3. The monoisotopic (exact) mass is 428 g/mol. The lowest BCUT2D eigenvalue weighted by Gasteiger charge is -2.27. The molecule has 31 heavy (non-hydrogen) atoms. The van der Waals surface area contributed by atoms with Crippen LogP contribution in [0.25, 0.3) is 0 Å². The van der Waals surface area contributed by atoms with Gasteiger partial charge >= 0.3 is 6.18 Å². The minimum absolute atomic E-state index is 0.102. The average molecular weight is 428 g/mol. The summed E-state index contributed by atoms with van der Waals surface area (Å²) in [6, 6.07) is 11.8. The van der Waals surface area contributed by atoms with Crippen LogP contribution in [-0.2, 0) is 15.8 Å². The van der Waals surface area contributed by atoms with Crippen molar-refractivity contribution in [1.29, 1.82) is 0 Å². The summed E-state index contributed by atoms with van der Waals surface area (Å²) in [5.41, 5.74) is -0.576. The zero-order valence-electron chi connectivity index (χ0n) is 16.4. The Labute approximate surface area is 176 Å². The Morgan fingerprint density at radius 2 is 1.65 bits per heavy atom. The average Bonchev–Trinajstić information content (AvgIpc) is 3.40. The van der Waals surface area contributed by atoms with Gasteiger partial charge in [0.1, 0.15) is 0 Å². The molecule has 4 atom stereocenters. The number of benzene rings is 2. The number of imide groups is 1. The summed E-state index contributed by atoms with van der Waals surface area (Å²) in [6.45, 7) is 0.616. The van der Waals surface area contributed by atoms with Crippen LogP contribution in [0.4, 0.5) is 18.9 Å². The molecule has 0 saturated carbocycles. The third-order valence-electron chi connectivity index (χ3n) is 6.61. The number of carbonyl (C=O) groups is 3. The van der Waals surface area contributed by atoms with E-state index in [9.17, 15) is 27.6 Å². The van der Waals surface area contributed by atoms with Gasteiger partial charge in [0.05, 0.1) is 29.1 Å². The summed E-state index contributed by atoms with van der Waals surface area (Å²) in [4.78, 5) is 42.8. The lowest BCUT2D eigenvalue weighted by atomic mass is 9.85. The molecule has 3 fully saturated rings. The number of fused-ring (bicyclic) bond motifs is 3. The fraction of sp³-hybridized carbons (Fsp3) is 0.348. The molecule has 8 heteroatoms. The number of amides is 2. The second-order valence-electron chi connectivity index (χ2n) is 8.23. The molecule has 0 aliphatic carbocycles. The molecular weight excluding hydrogens is 409 g/mol. The Bertz CT molecular complexity index is 1070. The maximum absolute atomic E-state index is 13.4. The molecule has 0 N–H and O–H groups in total. The number of ketones is 1. The molecule has 3 aliphatic heterocycles. The maximum Gasteiger partial charge on any atom is 0.416 e. The van der Waals surface area contributed by atoms with Crippen LogP contribution in [0.15, 0.2) is 54.6 Å². The minimum Gasteiger partial charge on any atom is -0.292 e. The summed E-state index contributed by atoms with van der Waals surface area (Å²) < 4.78 is 39.5. The molecule has 0 spiro atoms. The number of hydrogen-bond acceptors (Lipinski definition) is 4. The van der Waals surface area contributed by atoms with E-state index >= 15 is 0 Å². The quantitative estimate of drug-likeness (QED) is 0.554. The van der Waals surface area contributed by atoms with Gasteiger partial charge in [0, 0.05) is 11.6 Å².